The first-order chi connectivity index (χ1) is 6.19. The first-order valence-electron chi connectivity index (χ1n) is 2.86. The van der Waals surface area contributed by atoms with Crippen LogP contribution < -0.4 is 0 Å². The molecule has 80 valence electrons. The number of hydrogen-bond donors (Lipinski definition) is 2. The summed E-state index contributed by atoms with van der Waals surface area (Å²) in [6.07, 6.45) is 1.35. The van der Waals surface area contributed by atoms with Crippen molar-refractivity contribution in [1.29, 1.82) is 0 Å². The van der Waals surface area contributed by atoms with E-state index in [2.05, 4.69) is 0 Å². The monoisotopic (exact) mass is 262 g/mol. The van der Waals surface area contributed by atoms with Crippen molar-refractivity contribution in [1.82, 2.24) is 0 Å². The van der Waals surface area contributed by atoms with Gasteiger partial charge in [-0.05, 0) is 0 Å². The Labute approximate surface area is 93.9 Å². The summed E-state index contributed by atoms with van der Waals surface area (Å²) in [6.45, 7) is 0. The van der Waals surface area contributed by atoms with Crippen molar-refractivity contribution >= 4 is 53.0 Å². The molecule has 0 saturated heterocycles. The standard InChI is InChI=1S/C4H4O4.C2HCl3O/c5-3(6)1-2-4(7)8;3-2(4,5)1-6/h1-2H,(H,5,6)(H,7,8);1H/b2-1-;. The van der Waals surface area contributed by atoms with Crippen LogP contribution in [0.5, 0.6) is 0 Å². The number of carboxylic acids is 2. The van der Waals surface area contributed by atoms with Crippen LogP contribution in [0.3, 0.4) is 0 Å². The number of aliphatic carboxylic acids is 2. The van der Waals surface area contributed by atoms with E-state index in [1.165, 1.54) is 0 Å². The Bertz CT molecular complexity index is 226. The molecule has 0 rings (SSSR count). The predicted octanol–water partition coefficient (Wildman–Crippen LogP) is 1.27. The molecule has 0 aliphatic heterocycles. The van der Waals surface area contributed by atoms with Gasteiger partial charge in [0.25, 0.3) is 0 Å². The third-order valence-corrected chi connectivity index (χ3v) is 0.769. The Balaban J connectivity index is 0. The van der Waals surface area contributed by atoms with Gasteiger partial charge in [0.1, 0.15) is 0 Å². The van der Waals surface area contributed by atoms with E-state index in [9.17, 15) is 14.4 Å². The lowest BCUT2D eigenvalue weighted by atomic mass is 10.5. The fourth-order valence-corrected chi connectivity index (χ4v) is 0.143. The van der Waals surface area contributed by atoms with Crippen molar-refractivity contribution in [2.45, 2.75) is 3.79 Å². The molecular weight excluding hydrogens is 258 g/mol. The molecule has 0 amide bonds. The molecule has 0 bridgehead atoms. The summed E-state index contributed by atoms with van der Waals surface area (Å²) in [4.78, 5) is 28.5. The van der Waals surface area contributed by atoms with Gasteiger partial charge in [0, 0.05) is 12.2 Å². The lowest BCUT2D eigenvalue weighted by Crippen LogP contribution is -2.00. The molecule has 2 N–H and O–H groups in total. The molecule has 0 aromatic carbocycles. The number of halogens is 3. The van der Waals surface area contributed by atoms with Gasteiger partial charge in [-0.25, -0.2) is 9.59 Å². The Morgan fingerprint density at radius 2 is 1.21 bits per heavy atom. The molecule has 0 radical (unpaired) electrons. The van der Waals surface area contributed by atoms with Crippen molar-refractivity contribution in [3.63, 3.8) is 0 Å². The van der Waals surface area contributed by atoms with Crippen LogP contribution in [0, 0.1) is 0 Å². The average Bonchev–Trinajstić information content (AvgIpc) is 2.01. The quantitative estimate of drug-likeness (QED) is 0.445. The van der Waals surface area contributed by atoms with Crippen LogP contribution in [-0.2, 0) is 14.4 Å². The van der Waals surface area contributed by atoms with Gasteiger partial charge in [-0.15, -0.1) is 0 Å². The van der Waals surface area contributed by atoms with Gasteiger partial charge < -0.3 is 10.2 Å². The predicted molar refractivity (Wildman–Crippen MR) is 50.8 cm³/mol. The minimum atomic E-state index is -1.72. The summed E-state index contributed by atoms with van der Waals surface area (Å²) in [7, 11) is 0. The lowest BCUT2D eigenvalue weighted by molar-refractivity contribution is -0.134. The fraction of sp³-hybridized carbons (Fsp3) is 0.167. The zero-order valence-electron chi connectivity index (χ0n) is 6.49. The van der Waals surface area contributed by atoms with E-state index in [4.69, 9.17) is 45.0 Å². The third kappa shape index (κ3) is 22.5. The number of aldehydes is 1. The molecule has 0 unspecified atom stereocenters. The molecule has 0 aromatic rings. The van der Waals surface area contributed by atoms with Gasteiger partial charge in [-0.2, -0.15) is 0 Å². The van der Waals surface area contributed by atoms with Crippen LogP contribution in [-0.4, -0.2) is 32.2 Å². The SMILES string of the molecule is O=C(O)/C=C\C(=O)O.O=CC(Cl)(Cl)Cl. The smallest absolute Gasteiger partial charge is 0.328 e. The van der Waals surface area contributed by atoms with Crippen LogP contribution in [0.2, 0.25) is 0 Å². The Morgan fingerprint density at radius 3 is 1.29 bits per heavy atom. The van der Waals surface area contributed by atoms with Gasteiger partial charge in [0.05, 0.1) is 0 Å². The number of carbonyl (C=O) groups is 3. The van der Waals surface area contributed by atoms with Gasteiger partial charge in [0.15, 0.2) is 6.29 Å². The van der Waals surface area contributed by atoms with Crippen LogP contribution in [0.1, 0.15) is 0 Å². The Hall–Kier alpha value is -0.780. The van der Waals surface area contributed by atoms with Gasteiger partial charge in [-0.1, -0.05) is 34.8 Å². The Kier molecular flexibility index (Phi) is 8.52. The van der Waals surface area contributed by atoms with E-state index in [0.29, 0.717) is 12.2 Å². The van der Waals surface area contributed by atoms with Gasteiger partial charge in [-0.3, -0.25) is 4.79 Å². The third-order valence-electron chi connectivity index (χ3n) is 0.502. The highest BCUT2D eigenvalue weighted by Crippen LogP contribution is 2.21. The molecular formula is C6H5Cl3O5. The molecule has 0 aliphatic rings. The van der Waals surface area contributed by atoms with Crippen molar-refractivity contribution < 1.29 is 24.6 Å². The van der Waals surface area contributed by atoms with E-state index in [1.807, 2.05) is 0 Å². The molecule has 0 saturated carbocycles. The topological polar surface area (TPSA) is 91.7 Å². The fourth-order valence-electron chi connectivity index (χ4n) is 0.143. The van der Waals surface area contributed by atoms with Crippen LogP contribution in [0.4, 0.5) is 0 Å². The highest BCUT2D eigenvalue weighted by molar-refractivity contribution is 6.74. The number of hydrogen-bond acceptors (Lipinski definition) is 3. The zero-order chi connectivity index (χ0) is 11.8. The molecule has 0 heterocycles. The normalized spacial score (nSPS) is 10.2. The average molecular weight is 263 g/mol. The van der Waals surface area contributed by atoms with Crippen molar-refractivity contribution in [3.8, 4) is 0 Å². The molecule has 8 heteroatoms. The number of carboxylic acid groups (broad SMARTS) is 2. The van der Waals surface area contributed by atoms with E-state index in [0.717, 1.165) is 0 Å². The summed E-state index contributed by atoms with van der Waals surface area (Å²) in [6, 6.07) is 0. The number of alkyl halides is 3. The maximum absolute atomic E-state index is 9.55. The highest BCUT2D eigenvalue weighted by atomic mass is 35.6. The van der Waals surface area contributed by atoms with Crippen molar-refractivity contribution in [2.75, 3.05) is 0 Å². The van der Waals surface area contributed by atoms with E-state index >= 15 is 0 Å². The Morgan fingerprint density at radius 1 is 1.00 bits per heavy atom. The summed E-state index contributed by atoms with van der Waals surface area (Å²) < 4.78 is -1.72. The molecule has 14 heavy (non-hydrogen) atoms. The molecule has 0 fully saturated rings. The lowest BCUT2D eigenvalue weighted by Gasteiger charge is -1.93. The number of rotatable bonds is 2. The van der Waals surface area contributed by atoms with Crippen LogP contribution in [0.25, 0.3) is 0 Å². The second kappa shape index (κ2) is 7.61. The van der Waals surface area contributed by atoms with Crippen LogP contribution in [0.15, 0.2) is 12.2 Å². The molecule has 0 aromatic heterocycles. The van der Waals surface area contributed by atoms with E-state index in [-0.39, 0.29) is 6.29 Å². The van der Waals surface area contributed by atoms with Gasteiger partial charge >= 0.3 is 11.9 Å². The van der Waals surface area contributed by atoms with E-state index in [1.54, 1.807) is 0 Å². The summed E-state index contributed by atoms with van der Waals surface area (Å²) in [5.74, 6) is -2.51. The first kappa shape index (κ1) is 15.7. The van der Waals surface area contributed by atoms with Gasteiger partial charge in [0.2, 0.25) is 3.79 Å². The van der Waals surface area contributed by atoms with E-state index < -0.39 is 15.7 Å². The molecule has 0 spiro atoms. The largest absolute Gasteiger partial charge is 0.478 e. The van der Waals surface area contributed by atoms with Crippen molar-refractivity contribution in [3.05, 3.63) is 12.2 Å². The first-order valence-corrected chi connectivity index (χ1v) is 3.99. The molecule has 0 atom stereocenters. The summed E-state index contributed by atoms with van der Waals surface area (Å²) in [5.41, 5.74) is 0. The van der Waals surface area contributed by atoms with Crippen LogP contribution >= 0.6 is 34.8 Å². The minimum Gasteiger partial charge on any atom is -0.478 e. The minimum absolute atomic E-state index is 0.234. The maximum atomic E-state index is 9.55. The zero-order valence-corrected chi connectivity index (χ0v) is 8.75. The molecule has 5 nitrogen and oxygen atoms in total. The summed E-state index contributed by atoms with van der Waals surface area (Å²) in [5, 5.41) is 15.6. The summed E-state index contributed by atoms with van der Waals surface area (Å²) >= 11 is 14.6. The molecule has 0 aliphatic carbocycles. The van der Waals surface area contributed by atoms with Crippen molar-refractivity contribution in [2.24, 2.45) is 0 Å². The second-order valence-electron chi connectivity index (χ2n) is 1.67. The maximum Gasteiger partial charge on any atom is 0.328 e. The highest BCUT2D eigenvalue weighted by Gasteiger charge is 2.16. The number of carbonyl (C=O) groups excluding carboxylic acids is 1. The second-order valence-corrected chi connectivity index (χ2v) is 4.04.